The second-order valence-corrected chi connectivity index (χ2v) is 10.0. The number of hydrogen-bond acceptors (Lipinski definition) is 5. The van der Waals surface area contributed by atoms with Crippen LogP contribution in [0, 0.1) is 0 Å². The SMILES string of the molecule is O=C(/C=C/c1ccc(/C=C2\SC(=S)N(C(Cc3ccccc3)C(=O)O)C2=O)cc1)c1ccccc1Cl. The van der Waals surface area contributed by atoms with Gasteiger partial charge in [0.1, 0.15) is 10.4 Å². The summed E-state index contributed by atoms with van der Waals surface area (Å²) >= 11 is 12.5. The molecule has 1 aliphatic heterocycles. The van der Waals surface area contributed by atoms with Gasteiger partial charge in [-0.2, -0.15) is 0 Å². The highest BCUT2D eigenvalue weighted by molar-refractivity contribution is 8.26. The zero-order valence-electron chi connectivity index (χ0n) is 18.8. The van der Waals surface area contributed by atoms with E-state index in [1.165, 1.54) is 11.0 Å². The highest BCUT2D eigenvalue weighted by Gasteiger charge is 2.40. The molecule has 180 valence electrons. The fraction of sp³-hybridized carbons (Fsp3) is 0.0714. The van der Waals surface area contributed by atoms with Crippen LogP contribution in [0.4, 0.5) is 0 Å². The van der Waals surface area contributed by atoms with Gasteiger partial charge in [-0.25, -0.2) is 4.79 Å². The number of aliphatic carboxylic acids is 1. The third-order valence-electron chi connectivity index (χ3n) is 5.49. The molecule has 1 saturated heterocycles. The van der Waals surface area contributed by atoms with Crippen LogP contribution in [-0.2, 0) is 16.0 Å². The Morgan fingerprint density at radius 3 is 2.28 bits per heavy atom. The van der Waals surface area contributed by atoms with Crippen molar-refractivity contribution in [1.82, 2.24) is 4.90 Å². The Kier molecular flexibility index (Phi) is 8.15. The van der Waals surface area contributed by atoms with E-state index < -0.39 is 17.9 Å². The molecular formula is C28H20ClNO4S2. The van der Waals surface area contributed by atoms with Gasteiger partial charge in [-0.15, -0.1) is 0 Å². The number of thioether (sulfide) groups is 1. The summed E-state index contributed by atoms with van der Waals surface area (Å²) in [4.78, 5) is 39.0. The molecule has 1 heterocycles. The maximum atomic E-state index is 13.1. The number of thiocarbonyl (C=S) groups is 1. The van der Waals surface area contributed by atoms with E-state index in [9.17, 15) is 19.5 Å². The molecular weight excluding hydrogens is 514 g/mol. The normalized spacial score (nSPS) is 15.6. The fourth-order valence-electron chi connectivity index (χ4n) is 3.65. The quantitative estimate of drug-likeness (QED) is 0.213. The molecule has 4 rings (SSSR count). The van der Waals surface area contributed by atoms with Crippen LogP contribution in [0.5, 0.6) is 0 Å². The number of carboxylic acids is 1. The summed E-state index contributed by atoms with van der Waals surface area (Å²) in [6, 6.07) is 22.2. The Hall–Kier alpha value is -3.52. The lowest BCUT2D eigenvalue weighted by molar-refractivity contribution is -0.145. The molecule has 1 unspecified atom stereocenters. The van der Waals surface area contributed by atoms with Crippen LogP contribution in [0.3, 0.4) is 0 Å². The smallest absolute Gasteiger partial charge is 0.327 e. The predicted octanol–water partition coefficient (Wildman–Crippen LogP) is 6.13. The number of carbonyl (C=O) groups excluding carboxylic acids is 2. The van der Waals surface area contributed by atoms with Crippen molar-refractivity contribution in [2.45, 2.75) is 12.5 Å². The number of halogens is 1. The van der Waals surface area contributed by atoms with E-state index in [-0.39, 0.29) is 16.5 Å². The average molecular weight is 534 g/mol. The summed E-state index contributed by atoms with van der Waals surface area (Å²) in [7, 11) is 0. The van der Waals surface area contributed by atoms with Crippen LogP contribution >= 0.6 is 35.6 Å². The van der Waals surface area contributed by atoms with E-state index in [4.69, 9.17) is 23.8 Å². The monoisotopic (exact) mass is 533 g/mol. The average Bonchev–Trinajstić information content (AvgIpc) is 3.15. The molecule has 0 radical (unpaired) electrons. The van der Waals surface area contributed by atoms with Crippen molar-refractivity contribution in [3.63, 3.8) is 0 Å². The topological polar surface area (TPSA) is 74.7 Å². The van der Waals surface area contributed by atoms with Crippen molar-refractivity contribution in [2.75, 3.05) is 0 Å². The third-order valence-corrected chi connectivity index (χ3v) is 7.15. The van der Waals surface area contributed by atoms with Crippen LogP contribution in [0.2, 0.25) is 5.02 Å². The molecule has 3 aromatic rings. The van der Waals surface area contributed by atoms with Crippen molar-refractivity contribution >= 4 is 69.7 Å². The summed E-state index contributed by atoms with van der Waals surface area (Å²) < 4.78 is 0.215. The molecule has 1 aliphatic rings. The lowest BCUT2D eigenvalue weighted by Gasteiger charge is -2.23. The van der Waals surface area contributed by atoms with E-state index >= 15 is 0 Å². The first-order valence-electron chi connectivity index (χ1n) is 10.9. The number of rotatable bonds is 8. The molecule has 1 amide bonds. The van der Waals surface area contributed by atoms with Crippen molar-refractivity contribution in [3.8, 4) is 0 Å². The second kappa shape index (κ2) is 11.5. The lowest BCUT2D eigenvalue weighted by Crippen LogP contribution is -2.45. The molecule has 0 aromatic heterocycles. The standard InChI is InChI=1S/C28H20ClNO4S2/c29-22-9-5-4-8-21(22)24(31)15-14-18-10-12-20(13-11-18)17-25-26(32)30(28(35)36-25)23(27(33)34)16-19-6-2-1-3-7-19/h1-15,17,23H,16H2,(H,33,34)/b15-14+,25-17-. The largest absolute Gasteiger partial charge is 0.480 e. The van der Waals surface area contributed by atoms with Crippen molar-refractivity contribution in [1.29, 1.82) is 0 Å². The number of carbonyl (C=O) groups is 3. The molecule has 5 nitrogen and oxygen atoms in total. The Balaban J connectivity index is 1.47. The van der Waals surface area contributed by atoms with E-state index in [2.05, 4.69) is 0 Å². The number of benzene rings is 3. The van der Waals surface area contributed by atoms with E-state index in [0.29, 0.717) is 15.5 Å². The summed E-state index contributed by atoms with van der Waals surface area (Å²) in [6.45, 7) is 0. The van der Waals surface area contributed by atoms with Crippen LogP contribution in [0.1, 0.15) is 27.0 Å². The van der Waals surface area contributed by atoms with Gasteiger partial charge in [-0.3, -0.25) is 14.5 Å². The molecule has 0 aliphatic carbocycles. The van der Waals surface area contributed by atoms with E-state index in [1.807, 2.05) is 54.6 Å². The molecule has 0 saturated carbocycles. The minimum atomic E-state index is -1.11. The van der Waals surface area contributed by atoms with Gasteiger partial charge < -0.3 is 5.11 Å². The highest BCUT2D eigenvalue weighted by atomic mass is 35.5. The molecule has 1 atom stereocenters. The Morgan fingerprint density at radius 2 is 1.61 bits per heavy atom. The number of nitrogens with zero attached hydrogens (tertiary/aromatic N) is 1. The van der Waals surface area contributed by atoms with Crippen LogP contribution in [0.15, 0.2) is 89.8 Å². The maximum Gasteiger partial charge on any atom is 0.327 e. The fourth-order valence-corrected chi connectivity index (χ4v) is 5.24. The van der Waals surface area contributed by atoms with Crippen LogP contribution < -0.4 is 0 Å². The molecule has 0 spiro atoms. The number of amides is 1. The van der Waals surface area contributed by atoms with Gasteiger partial charge in [-0.05, 0) is 41.0 Å². The Bertz CT molecular complexity index is 1380. The molecule has 36 heavy (non-hydrogen) atoms. The number of hydrogen-bond donors (Lipinski definition) is 1. The predicted molar refractivity (Wildman–Crippen MR) is 148 cm³/mol. The third kappa shape index (κ3) is 5.99. The summed E-state index contributed by atoms with van der Waals surface area (Å²) in [5.41, 5.74) is 2.79. The summed E-state index contributed by atoms with van der Waals surface area (Å²) in [5.74, 6) is -1.74. The first kappa shape index (κ1) is 25.6. The Morgan fingerprint density at radius 1 is 0.972 bits per heavy atom. The van der Waals surface area contributed by atoms with Gasteiger partial charge in [0.15, 0.2) is 5.78 Å². The zero-order valence-corrected chi connectivity index (χ0v) is 21.2. The molecule has 0 bridgehead atoms. The zero-order chi connectivity index (χ0) is 25.7. The van der Waals surface area contributed by atoms with Crippen molar-refractivity contribution in [3.05, 3.63) is 117 Å². The molecule has 1 fully saturated rings. The van der Waals surface area contributed by atoms with Crippen molar-refractivity contribution < 1.29 is 19.5 Å². The van der Waals surface area contributed by atoms with E-state index in [1.54, 1.807) is 36.4 Å². The Labute approximate surface area is 223 Å². The number of carboxylic acid groups (broad SMARTS) is 1. The van der Waals surface area contributed by atoms with Crippen LogP contribution in [-0.4, -0.2) is 38.0 Å². The van der Waals surface area contributed by atoms with Gasteiger partial charge in [0, 0.05) is 12.0 Å². The van der Waals surface area contributed by atoms with Gasteiger partial charge in [0.25, 0.3) is 5.91 Å². The first-order valence-corrected chi connectivity index (χ1v) is 12.5. The highest BCUT2D eigenvalue weighted by Crippen LogP contribution is 2.35. The summed E-state index contributed by atoms with van der Waals surface area (Å²) in [5, 5.41) is 10.2. The second-order valence-electron chi connectivity index (χ2n) is 7.94. The minimum Gasteiger partial charge on any atom is -0.480 e. The van der Waals surface area contributed by atoms with Gasteiger partial charge >= 0.3 is 5.97 Å². The first-order chi connectivity index (χ1) is 17.3. The molecule has 3 aromatic carbocycles. The number of allylic oxidation sites excluding steroid dienone is 1. The van der Waals surface area contributed by atoms with Gasteiger partial charge in [0.2, 0.25) is 0 Å². The van der Waals surface area contributed by atoms with Gasteiger partial charge in [0.05, 0.1) is 9.93 Å². The maximum absolute atomic E-state index is 13.1. The van der Waals surface area contributed by atoms with Crippen LogP contribution in [0.25, 0.3) is 12.2 Å². The van der Waals surface area contributed by atoms with Gasteiger partial charge in [-0.1, -0.05) is 108 Å². The lowest BCUT2D eigenvalue weighted by atomic mass is 10.0. The summed E-state index contributed by atoms with van der Waals surface area (Å²) in [6.07, 6.45) is 4.99. The van der Waals surface area contributed by atoms with Crippen molar-refractivity contribution in [2.24, 2.45) is 0 Å². The molecule has 8 heteroatoms. The van der Waals surface area contributed by atoms with E-state index in [0.717, 1.165) is 28.5 Å². The number of ketones is 1. The minimum absolute atomic E-state index is 0.157. The molecule has 1 N–H and O–H groups in total.